The molecule has 190 valence electrons. The van der Waals surface area contributed by atoms with Crippen molar-refractivity contribution >= 4 is 42.3 Å². The van der Waals surface area contributed by atoms with E-state index in [-0.39, 0.29) is 25.6 Å². The van der Waals surface area contributed by atoms with E-state index in [0.29, 0.717) is 31.0 Å². The number of nitrogens with zero attached hydrogens (tertiary/aromatic N) is 7. The molecule has 0 spiro atoms. The molecule has 10 nitrogen and oxygen atoms in total. The van der Waals surface area contributed by atoms with Gasteiger partial charge in [0.15, 0.2) is 17.0 Å². The number of fused-ring (bicyclic) bond motifs is 1. The standard InChI is InChI=1S/C25H31N9O.H2S/c1-25(2)18-11-26-21(31-22-20-23(28-14-27-22)33(5)15-29-20)17(18)12-34(25)24(35)30-19(13-32(3)4)16-9-7-6-8-10-16;/h6-10,14-15,19H,11-13H2,1-5H3,(H,30,35)(H,26,27,28,31);1H2/t19-;/m1./s1. The monoisotopic (exact) mass is 507 g/mol. The third kappa shape index (κ3) is 4.56. The quantitative estimate of drug-likeness (QED) is 0.550. The number of aromatic nitrogens is 4. The van der Waals surface area contributed by atoms with Gasteiger partial charge < -0.3 is 25.0 Å². The Balaban J connectivity index is 0.00000304. The number of carbonyl (C=O) groups excluding carboxylic acids is 1. The fourth-order valence-electron chi connectivity index (χ4n) is 4.85. The highest BCUT2D eigenvalue weighted by Gasteiger charge is 2.45. The third-order valence-corrected chi connectivity index (χ3v) is 6.80. The number of aryl methyl sites for hydroxylation is 1. The van der Waals surface area contributed by atoms with Crippen molar-refractivity contribution in [3.05, 3.63) is 59.7 Å². The SMILES string of the molecule is CN(C)C[C@@H](NC(=O)N1CC2=C(CN=C2Nc2ncnc3c2ncn3C)C1(C)C)c1ccccc1.S. The Morgan fingerprint density at radius 2 is 1.92 bits per heavy atom. The van der Waals surface area contributed by atoms with Crippen LogP contribution in [0.5, 0.6) is 0 Å². The van der Waals surface area contributed by atoms with Crippen LogP contribution in [-0.2, 0) is 7.05 Å². The zero-order valence-electron chi connectivity index (χ0n) is 21.3. The molecule has 2 aliphatic heterocycles. The van der Waals surface area contributed by atoms with Crippen molar-refractivity contribution in [2.45, 2.75) is 25.4 Å². The molecule has 2 aromatic heterocycles. The van der Waals surface area contributed by atoms with Crippen LogP contribution >= 0.6 is 13.5 Å². The number of carbonyl (C=O) groups is 1. The summed E-state index contributed by atoms with van der Waals surface area (Å²) in [5, 5.41) is 6.63. The number of amidine groups is 1. The molecule has 2 N–H and O–H groups in total. The normalized spacial score (nSPS) is 17.2. The molecule has 0 fully saturated rings. The average molecular weight is 508 g/mol. The number of nitrogens with one attached hydrogen (secondary N) is 2. The van der Waals surface area contributed by atoms with Gasteiger partial charge in [-0.05, 0) is 39.1 Å². The molecule has 1 aromatic carbocycles. The summed E-state index contributed by atoms with van der Waals surface area (Å²) < 4.78 is 1.85. The summed E-state index contributed by atoms with van der Waals surface area (Å²) in [6.45, 7) is 5.89. The van der Waals surface area contributed by atoms with Crippen LogP contribution in [0.2, 0.25) is 0 Å². The van der Waals surface area contributed by atoms with Gasteiger partial charge in [0, 0.05) is 19.2 Å². The number of hydrogen-bond donors (Lipinski definition) is 2. The highest BCUT2D eigenvalue weighted by molar-refractivity contribution is 7.59. The molecule has 0 radical (unpaired) electrons. The number of imidazole rings is 1. The van der Waals surface area contributed by atoms with Crippen LogP contribution in [0.3, 0.4) is 0 Å². The van der Waals surface area contributed by atoms with E-state index in [9.17, 15) is 4.79 Å². The number of anilines is 1. The van der Waals surface area contributed by atoms with Gasteiger partial charge in [0.25, 0.3) is 0 Å². The van der Waals surface area contributed by atoms with Crippen LogP contribution in [-0.4, -0.2) is 80.5 Å². The molecule has 3 aromatic rings. The molecule has 11 heteroatoms. The smallest absolute Gasteiger partial charge is 0.318 e. The summed E-state index contributed by atoms with van der Waals surface area (Å²) in [4.78, 5) is 35.4. The highest BCUT2D eigenvalue weighted by atomic mass is 32.1. The Morgan fingerprint density at radius 3 is 2.64 bits per heavy atom. The first kappa shape index (κ1) is 25.6. The van der Waals surface area contributed by atoms with Crippen molar-refractivity contribution in [2.75, 3.05) is 39.0 Å². The largest absolute Gasteiger partial charge is 0.330 e. The molecular formula is C25H33N9OS. The van der Waals surface area contributed by atoms with Gasteiger partial charge in [0.05, 0.1) is 31.0 Å². The number of hydrogen-bond acceptors (Lipinski definition) is 7. The summed E-state index contributed by atoms with van der Waals surface area (Å²) in [6.07, 6.45) is 3.23. The van der Waals surface area contributed by atoms with Crippen LogP contribution in [0.4, 0.5) is 10.6 Å². The van der Waals surface area contributed by atoms with Gasteiger partial charge in [-0.1, -0.05) is 30.3 Å². The summed E-state index contributed by atoms with van der Waals surface area (Å²) in [5.74, 6) is 1.35. The molecule has 1 atom stereocenters. The minimum atomic E-state index is -0.461. The molecular weight excluding hydrogens is 474 g/mol. The lowest BCUT2D eigenvalue weighted by atomic mass is 9.94. The second-order valence-electron chi connectivity index (χ2n) is 9.82. The number of amides is 2. The van der Waals surface area contributed by atoms with Crippen LogP contribution < -0.4 is 10.6 Å². The van der Waals surface area contributed by atoms with Crippen molar-refractivity contribution in [3.63, 3.8) is 0 Å². The van der Waals surface area contributed by atoms with E-state index >= 15 is 0 Å². The molecule has 5 rings (SSSR count). The zero-order valence-corrected chi connectivity index (χ0v) is 22.3. The Kier molecular flexibility index (Phi) is 7.05. The molecule has 0 bridgehead atoms. The van der Waals surface area contributed by atoms with Gasteiger partial charge >= 0.3 is 6.03 Å². The van der Waals surface area contributed by atoms with Crippen LogP contribution in [0, 0.1) is 0 Å². The van der Waals surface area contributed by atoms with Crippen molar-refractivity contribution in [3.8, 4) is 0 Å². The second kappa shape index (κ2) is 9.90. The lowest BCUT2D eigenvalue weighted by Crippen LogP contribution is -2.52. The topological polar surface area (TPSA) is 104 Å². The van der Waals surface area contributed by atoms with E-state index in [2.05, 4.69) is 56.5 Å². The van der Waals surface area contributed by atoms with Gasteiger partial charge in [-0.2, -0.15) is 13.5 Å². The fraction of sp³-hybridized carbons (Fsp3) is 0.400. The second-order valence-corrected chi connectivity index (χ2v) is 9.82. The predicted octanol–water partition coefficient (Wildman–Crippen LogP) is 2.70. The highest BCUT2D eigenvalue weighted by Crippen LogP contribution is 2.38. The maximum absolute atomic E-state index is 13.6. The Morgan fingerprint density at radius 1 is 1.17 bits per heavy atom. The molecule has 0 saturated carbocycles. The van der Waals surface area contributed by atoms with Crippen LogP contribution in [0.15, 0.2) is 59.1 Å². The van der Waals surface area contributed by atoms with Gasteiger partial charge in [-0.25, -0.2) is 19.7 Å². The first-order valence-electron chi connectivity index (χ1n) is 11.7. The van der Waals surface area contributed by atoms with E-state index in [1.807, 2.05) is 48.8 Å². The van der Waals surface area contributed by atoms with Crippen LogP contribution in [0.25, 0.3) is 11.2 Å². The summed E-state index contributed by atoms with van der Waals surface area (Å²) in [5.41, 5.74) is 4.24. The van der Waals surface area contributed by atoms with E-state index < -0.39 is 5.54 Å². The molecule has 0 saturated heterocycles. The molecule has 2 aliphatic rings. The van der Waals surface area contributed by atoms with E-state index in [0.717, 1.165) is 28.2 Å². The lowest BCUT2D eigenvalue weighted by molar-refractivity contribution is 0.165. The predicted molar refractivity (Wildman–Crippen MR) is 147 cm³/mol. The molecule has 2 amide bonds. The minimum absolute atomic E-state index is 0. The maximum Gasteiger partial charge on any atom is 0.318 e. The van der Waals surface area contributed by atoms with E-state index in [1.54, 1.807) is 6.33 Å². The van der Waals surface area contributed by atoms with Gasteiger partial charge in [0.2, 0.25) is 0 Å². The Bertz CT molecular complexity index is 1330. The number of likely N-dealkylation sites (N-methyl/N-ethyl adjacent to an activating group) is 1. The van der Waals surface area contributed by atoms with Crippen molar-refractivity contribution in [1.82, 2.24) is 34.6 Å². The number of aliphatic imine (C=N–C) groups is 1. The third-order valence-electron chi connectivity index (χ3n) is 6.80. The van der Waals surface area contributed by atoms with Crippen LogP contribution in [0.1, 0.15) is 25.5 Å². The van der Waals surface area contributed by atoms with Gasteiger partial charge in [-0.3, -0.25) is 4.99 Å². The summed E-state index contributed by atoms with van der Waals surface area (Å²) in [6, 6.07) is 9.89. The molecule has 4 heterocycles. The molecule has 36 heavy (non-hydrogen) atoms. The zero-order chi connectivity index (χ0) is 24.7. The minimum Gasteiger partial charge on any atom is -0.330 e. The maximum atomic E-state index is 13.6. The Hall–Kier alpha value is -3.44. The number of urea groups is 1. The molecule has 0 unspecified atom stereocenters. The van der Waals surface area contributed by atoms with Gasteiger partial charge in [0.1, 0.15) is 12.2 Å². The van der Waals surface area contributed by atoms with Crippen molar-refractivity contribution < 1.29 is 4.79 Å². The number of rotatable bonds is 5. The van der Waals surface area contributed by atoms with E-state index in [1.165, 1.54) is 6.33 Å². The van der Waals surface area contributed by atoms with Gasteiger partial charge in [-0.15, -0.1) is 0 Å². The number of benzene rings is 1. The molecule has 0 aliphatic carbocycles. The summed E-state index contributed by atoms with van der Waals surface area (Å²) in [7, 11) is 5.92. The lowest BCUT2D eigenvalue weighted by Gasteiger charge is -2.36. The summed E-state index contributed by atoms with van der Waals surface area (Å²) >= 11 is 0. The fourth-order valence-corrected chi connectivity index (χ4v) is 4.85. The average Bonchev–Trinajstić information content (AvgIpc) is 3.48. The van der Waals surface area contributed by atoms with E-state index in [4.69, 9.17) is 4.99 Å². The Labute approximate surface area is 218 Å². The van der Waals surface area contributed by atoms with Crippen molar-refractivity contribution in [1.29, 1.82) is 0 Å². The van der Waals surface area contributed by atoms with Crippen molar-refractivity contribution in [2.24, 2.45) is 12.0 Å². The first-order valence-corrected chi connectivity index (χ1v) is 11.7. The first-order chi connectivity index (χ1) is 16.8.